The van der Waals surface area contributed by atoms with E-state index in [1.807, 2.05) is 0 Å². The Balaban J connectivity index is 1.31. The van der Waals surface area contributed by atoms with Crippen LogP contribution in [-0.4, -0.2) is 65.2 Å². The third-order valence-electron chi connectivity index (χ3n) is 6.50. The molecule has 1 fully saturated rings. The van der Waals surface area contributed by atoms with Gasteiger partial charge in [0.2, 0.25) is 11.9 Å². The van der Waals surface area contributed by atoms with Crippen molar-refractivity contribution < 1.29 is 23.4 Å². The van der Waals surface area contributed by atoms with Gasteiger partial charge in [0, 0.05) is 36.8 Å². The maximum atomic E-state index is 13.4. The zero-order chi connectivity index (χ0) is 29.3. The summed E-state index contributed by atoms with van der Waals surface area (Å²) in [7, 11) is 0. The fourth-order valence-electron chi connectivity index (χ4n) is 4.39. The number of nitrogens with one attached hydrogen (secondary N) is 2. The minimum absolute atomic E-state index is 0.0671. The van der Waals surface area contributed by atoms with E-state index >= 15 is 0 Å². The number of carbonyl (C=O) groups is 1. The number of halogens is 2. The predicted molar refractivity (Wildman–Crippen MR) is 159 cm³/mol. The molecule has 5 rings (SSSR count). The molecule has 1 saturated heterocycles. The van der Waals surface area contributed by atoms with Crippen LogP contribution in [0.5, 0.6) is 11.5 Å². The summed E-state index contributed by atoms with van der Waals surface area (Å²) >= 11 is 6.47. The number of amides is 1. The van der Waals surface area contributed by atoms with Gasteiger partial charge in [0.25, 0.3) is 0 Å². The average Bonchev–Trinajstić information content (AvgIpc) is 3.00. The molecule has 0 unspecified atom stereocenters. The van der Waals surface area contributed by atoms with Crippen molar-refractivity contribution in [1.82, 2.24) is 19.9 Å². The number of morpholine rings is 1. The smallest absolute Gasteiger partial charge is 0.247 e. The molecule has 0 saturated carbocycles. The van der Waals surface area contributed by atoms with E-state index in [-0.39, 0.29) is 12.5 Å². The van der Waals surface area contributed by atoms with Gasteiger partial charge in [0.05, 0.1) is 41.7 Å². The lowest BCUT2D eigenvalue weighted by molar-refractivity contribution is -0.111. The predicted octanol–water partition coefficient (Wildman–Crippen LogP) is 5.37. The number of carbonyl (C=O) groups excluding carboxylic acids is 1. The maximum Gasteiger partial charge on any atom is 0.247 e. The van der Waals surface area contributed by atoms with E-state index in [0.29, 0.717) is 56.9 Å². The number of hydrogen-bond donors (Lipinski definition) is 2. The summed E-state index contributed by atoms with van der Waals surface area (Å²) in [5.74, 6) is 0.483. The standard InChI is InChI=1S/C30H30ClFN6O4/c1-2-29(39)37-25-16-22-24(17-27(25)41-12-4-9-38-10-13-40-14-11-38)33-19-34-30(22)36-20-7-8-26(23(31)15-20)42-18-21-5-3-6-28(32)35-21/h2-3,5-8,15-17,19H,1,4,9-14,18H2,(H,37,39)(H,33,34,36). The number of ether oxygens (including phenoxy) is 3. The first kappa shape index (κ1) is 29.2. The van der Waals surface area contributed by atoms with E-state index in [0.717, 1.165) is 39.3 Å². The van der Waals surface area contributed by atoms with Crippen LogP contribution in [0.4, 0.5) is 21.6 Å². The van der Waals surface area contributed by atoms with Crippen LogP contribution in [0.25, 0.3) is 10.9 Å². The van der Waals surface area contributed by atoms with Crippen LogP contribution >= 0.6 is 11.6 Å². The second-order valence-electron chi connectivity index (χ2n) is 9.45. The highest BCUT2D eigenvalue weighted by Crippen LogP contribution is 2.35. The van der Waals surface area contributed by atoms with E-state index in [4.69, 9.17) is 25.8 Å². The molecule has 12 heteroatoms. The third-order valence-corrected chi connectivity index (χ3v) is 6.80. The number of hydrogen-bond acceptors (Lipinski definition) is 9. The molecule has 10 nitrogen and oxygen atoms in total. The minimum Gasteiger partial charge on any atom is -0.491 e. The zero-order valence-corrected chi connectivity index (χ0v) is 23.6. The van der Waals surface area contributed by atoms with Crippen molar-refractivity contribution in [2.45, 2.75) is 13.0 Å². The Kier molecular flexibility index (Phi) is 9.75. The molecule has 1 aliphatic rings. The van der Waals surface area contributed by atoms with Crippen LogP contribution < -0.4 is 20.1 Å². The van der Waals surface area contributed by atoms with Crippen molar-refractivity contribution in [2.24, 2.45) is 0 Å². The third kappa shape index (κ3) is 7.69. The van der Waals surface area contributed by atoms with Crippen LogP contribution in [0.2, 0.25) is 5.02 Å². The van der Waals surface area contributed by atoms with Gasteiger partial charge in [-0.2, -0.15) is 4.39 Å². The summed E-state index contributed by atoms with van der Waals surface area (Å²) in [4.78, 5) is 27.2. The molecular weight excluding hydrogens is 563 g/mol. The van der Waals surface area contributed by atoms with E-state index in [1.165, 1.54) is 18.5 Å². The average molecular weight is 593 g/mol. The maximum absolute atomic E-state index is 13.4. The first-order chi connectivity index (χ1) is 20.5. The molecule has 4 aromatic rings. The van der Waals surface area contributed by atoms with Gasteiger partial charge >= 0.3 is 0 Å². The molecule has 1 amide bonds. The van der Waals surface area contributed by atoms with Crippen LogP contribution in [-0.2, 0) is 16.1 Å². The molecule has 3 heterocycles. The number of pyridine rings is 1. The lowest BCUT2D eigenvalue weighted by atomic mass is 10.1. The van der Waals surface area contributed by atoms with Crippen molar-refractivity contribution >= 4 is 45.6 Å². The molecular formula is C30H30ClFN6O4. The molecule has 0 atom stereocenters. The van der Waals surface area contributed by atoms with E-state index in [9.17, 15) is 9.18 Å². The summed E-state index contributed by atoms with van der Waals surface area (Å²) in [5.41, 5.74) is 2.20. The van der Waals surface area contributed by atoms with Gasteiger partial charge in [-0.25, -0.2) is 15.0 Å². The van der Waals surface area contributed by atoms with Crippen molar-refractivity contribution in [3.63, 3.8) is 0 Å². The Morgan fingerprint density at radius 2 is 1.98 bits per heavy atom. The van der Waals surface area contributed by atoms with Gasteiger partial charge in [-0.1, -0.05) is 24.2 Å². The molecule has 0 radical (unpaired) electrons. The topological polar surface area (TPSA) is 111 Å². The molecule has 0 spiro atoms. The fourth-order valence-corrected chi connectivity index (χ4v) is 4.63. The number of nitrogens with zero attached hydrogens (tertiary/aromatic N) is 4. The molecule has 0 bridgehead atoms. The van der Waals surface area contributed by atoms with Crippen LogP contribution in [0.15, 0.2) is 67.5 Å². The minimum atomic E-state index is -0.575. The summed E-state index contributed by atoms with van der Waals surface area (Å²) in [5, 5.41) is 7.09. The van der Waals surface area contributed by atoms with Gasteiger partial charge in [-0.3, -0.25) is 9.69 Å². The largest absolute Gasteiger partial charge is 0.491 e. The van der Waals surface area contributed by atoms with Gasteiger partial charge in [-0.15, -0.1) is 0 Å². The molecule has 2 N–H and O–H groups in total. The number of rotatable bonds is 12. The molecule has 0 aliphatic carbocycles. The number of aromatic nitrogens is 3. The molecule has 2 aromatic carbocycles. The van der Waals surface area contributed by atoms with Gasteiger partial charge < -0.3 is 24.8 Å². The Bertz CT molecular complexity index is 1570. The van der Waals surface area contributed by atoms with E-state index < -0.39 is 5.95 Å². The lowest BCUT2D eigenvalue weighted by Gasteiger charge is -2.26. The lowest BCUT2D eigenvalue weighted by Crippen LogP contribution is -2.37. The molecule has 1 aliphatic heterocycles. The normalized spacial score (nSPS) is 13.5. The van der Waals surface area contributed by atoms with Crippen LogP contribution in [0.1, 0.15) is 12.1 Å². The van der Waals surface area contributed by atoms with Gasteiger partial charge in [0.15, 0.2) is 0 Å². The highest BCUT2D eigenvalue weighted by molar-refractivity contribution is 6.32. The van der Waals surface area contributed by atoms with Crippen LogP contribution in [0, 0.1) is 5.95 Å². The Labute approximate surface area is 247 Å². The molecule has 42 heavy (non-hydrogen) atoms. The number of anilines is 3. The Hall–Kier alpha value is -4.32. The van der Waals surface area contributed by atoms with Crippen molar-refractivity contribution in [3.05, 3.63) is 84.2 Å². The quantitative estimate of drug-likeness (QED) is 0.127. The monoisotopic (exact) mass is 592 g/mol. The summed E-state index contributed by atoms with van der Waals surface area (Å²) in [6.45, 7) is 8.31. The molecule has 218 valence electrons. The number of fused-ring (bicyclic) bond motifs is 1. The van der Waals surface area contributed by atoms with Gasteiger partial charge in [0.1, 0.15) is 30.3 Å². The SMILES string of the molecule is C=CC(=O)Nc1cc2c(Nc3ccc(OCc4cccc(F)n4)c(Cl)c3)ncnc2cc1OCCCN1CCOCC1. The summed E-state index contributed by atoms with van der Waals surface area (Å²) in [6, 6.07) is 13.2. The Morgan fingerprint density at radius 3 is 2.76 bits per heavy atom. The van der Waals surface area contributed by atoms with Crippen molar-refractivity contribution in [2.75, 3.05) is 50.1 Å². The zero-order valence-electron chi connectivity index (χ0n) is 22.8. The van der Waals surface area contributed by atoms with Crippen molar-refractivity contribution in [1.29, 1.82) is 0 Å². The summed E-state index contributed by atoms with van der Waals surface area (Å²) in [6.07, 6.45) is 3.46. The Morgan fingerprint density at radius 1 is 1.12 bits per heavy atom. The van der Waals surface area contributed by atoms with Crippen LogP contribution in [0.3, 0.4) is 0 Å². The highest BCUT2D eigenvalue weighted by atomic mass is 35.5. The first-order valence-electron chi connectivity index (χ1n) is 13.4. The fraction of sp³-hybridized carbons (Fsp3) is 0.267. The first-order valence-corrected chi connectivity index (χ1v) is 13.8. The second kappa shape index (κ2) is 14.0. The summed E-state index contributed by atoms with van der Waals surface area (Å²) < 4.78 is 30.6. The number of benzene rings is 2. The highest BCUT2D eigenvalue weighted by Gasteiger charge is 2.15. The van der Waals surface area contributed by atoms with Crippen molar-refractivity contribution in [3.8, 4) is 11.5 Å². The van der Waals surface area contributed by atoms with Gasteiger partial charge in [-0.05, 0) is 48.9 Å². The second-order valence-corrected chi connectivity index (χ2v) is 9.85. The molecule has 2 aromatic heterocycles. The van der Waals surface area contributed by atoms with E-state index in [1.54, 1.807) is 42.5 Å². The van der Waals surface area contributed by atoms with E-state index in [2.05, 4.69) is 37.1 Å².